The van der Waals surface area contributed by atoms with Crippen LogP contribution in [0.25, 0.3) is 0 Å². The summed E-state index contributed by atoms with van der Waals surface area (Å²) in [5, 5.41) is 0. The Morgan fingerprint density at radius 2 is 2.14 bits per heavy atom. The van der Waals surface area contributed by atoms with Crippen molar-refractivity contribution >= 4 is 0 Å². The fourth-order valence-corrected chi connectivity index (χ4v) is 2.33. The van der Waals surface area contributed by atoms with Crippen molar-refractivity contribution in [3.63, 3.8) is 0 Å². The molecule has 0 aliphatic carbocycles. The van der Waals surface area contributed by atoms with Gasteiger partial charge in [-0.25, -0.2) is 0 Å². The number of nitrogens with two attached hydrogens (primary N) is 1. The summed E-state index contributed by atoms with van der Waals surface area (Å²) < 4.78 is 16.5. The number of methoxy groups -OCH3 is 1. The summed E-state index contributed by atoms with van der Waals surface area (Å²) in [5.41, 5.74) is 7.43. The predicted molar refractivity (Wildman–Crippen MR) is 82.1 cm³/mol. The first-order chi connectivity index (χ1) is 10.3. The van der Waals surface area contributed by atoms with Crippen molar-refractivity contribution in [3.8, 4) is 17.6 Å². The maximum Gasteiger partial charge on any atom is 0.119 e. The molecule has 1 saturated heterocycles. The molecule has 114 valence electrons. The fourth-order valence-electron chi connectivity index (χ4n) is 2.33. The highest BCUT2D eigenvalue weighted by molar-refractivity contribution is 5.45. The van der Waals surface area contributed by atoms with E-state index in [1.54, 1.807) is 7.11 Å². The standard InChI is InChI=1S/C17H23NO3/c1-19-17-5-4-15(3-2-8-18)16(11-17)13-21-12-14-6-9-20-10-7-14/h4-5,11,14H,6-10,12-13,18H2,1H3. The lowest BCUT2D eigenvalue weighted by atomic mass is 10.0. The van der Waals surface area contributed by atoms with Crippen LogP contribution in [0.5, 0.6) is 5.75 Å². The maximum absolute atomic E-state index is 5.87. The minimum atomic E-state index is 0.356. The van der Waals surface area contributed by atoms with Crippen molar-refractivity contribution in [2.75, 3.05) is 33.5 Å². The third-order valence-corrected chi connectivity index (χ3v) is 3.59. The van der Waals surface area contributed by atoms with E-state index in [1.165, 1.54) is 0 Å². The number of hydrogen-bond donors (Lipinski definition) is 1. The van der Waals surface area contributed by atoms with E-state index in [9.17, 15) is 0 Å². The van der Waals surface area contributed by atoms with Crippen LogP contribution < -0.4 is 10.5 Å². The zero-order valence-corrected chi connectivity index (χ0v) is 12.6. The second-order valence-electron chi connectivity index (χ2n) is 5.10. The van der Waals surface area contributed by atoms with E-state index < -0.39 is 0 Å². The summed E-state index contributed by atoms with van der Waals surface area (Å²) in [6.07, 6.45) is 2.16. The van der Waals surface area contributed by atoms with Crippen LogP contribution in [-0.2, 0) is 16.1 Å². The van der Waals surface area contributed by atoms with Gasteiger partial charge in [0.25, 0.3) is 0 Å². The fraction of sp³-hybridized carbons (Fsp3) is 0.529. The summed E-state index contributed by atoms with van der Waals surface area (Å²) in [6, 6.07) is 5.83. The van der Waals surface area contributed by atoms with Gasteiger partial charge in [0.2, 0.25) is 0 Å². The number of benzene rings is 1. The molecule has 0 radical (unpaired) electrons. The van der Waals surface area contributed by atoms with E-state index in [4.69, 9.17) is 19.9 Å². The summed E-state index contributed by atoms with van der Waals surface area (Å²) in [4.78, 5) is 0. The molecular weight excluding hydrogens is 266 g/mol. The van der Waals surface area contributed by atoms with E-state index in [-0.39, 0.29) is 0 Å². The van der Waals surface area contributed by atoms with E-state index >= 15 is 0 Å². The van der Waals surface area contributed by atoms with Gasteiger partial charge in [-0.1, -0.05) is 11.8 Å². The second-order valence-corrected chi connectivity index (χ2v) is 5.10. The highest BCUT2D eigenvalue weighted by atomic mass is 16.5. The van der Waals surface area contributed by atoms with Gasteiger partial charge in [-0.2, -0.15) is 0 Å². The third-order valence-electron chi connectivity index (χ3n) is 3.59. The molecule has 2 N–H and O–H groups in total. The minimum Gasteiger partial charge on any atom is -0.497 e. The van der Waals surface area contributed by atoms with Crippen molar-refractivity contribution in [1.82, 2.24) is 0 Å². The van der Waals surface area contributed by atoms with Gasteiger partial charge >= 0.3 is 0 Å². The first-order valence-electron chi connectivity index (χ1n) is 7.35. The van der Waals surface area contributed by atoms with Gasteiger partial charge in [0.05, 0.1) is 26.9 Å². The Kier molecular flexibility index (Phi) is 6.55. The summed E-state index contributed by atoms with van der Waals surface area (Å²) in [6.45, 7) is 3.36. The molecule has 0 unspecified atom stereocenters. The predicted octanol–water partition coefficient (Wildman–Crippen LogP) is 1.95. The van der Waals surface area contributed by atoms with Crippen molar-refractivity contribution < 1.29 is 14.2 Å². The second kappa shape index (κ2) is 8.68. The number of hydrogen-bond acceptors (Lipinski definition) is 4. The molecule has 1 fully saturated rings. The van der Waals surface area contributed by atoms with Crippen molar-refractivity contribution in [3.05, 3.63) is 29.3 Å². The molecule has 0 amide bonds. The zero-order valence-electron chi connectivity index (χ0n) is 12.6. The molecule has 1 aliphatic rings. The molecule has 0 bridgehead atoms. The van der Waals surface area contributed by atoms with Crippen molar-refractivity contribution in [1.29, 1.82) is 0 Å². The van der Waals surface area contributed by atoms with Gasteiger partial charge in [-0.3, -0.25) is 0 Å². The van der Waals surface area contributed by atoms with Crippen LogP contribution in [0.3, 0.4) is 0 Å². The topological polar surface area (TPSA) is 53.7 Å². The highest BCUT2D eigenvalue weighted by Crippen LogP contribution is 2.20. The molecule has 0 spiro atoms. The quantitative estimate of drug-likeness (QED) is 0.842. The smallest absolute Gasteiger partial charge is 0.119 e. The Hall–Kier alpha value is -1.54. The van der Waals surface area contributed by atoms with E-state index in [1.807, 2.05) is 18.2 Å². The first kappa shape index (κ1) is 15.8. The van der Waals surface area contributed by atoms with Crippen LogP contribution in [0.4, 0.5) is 0 Å². The first-order valence-corrected chi connectivity index (χ1v) is 7.35. The minimum absolute atomic E-state index is 0.356. The van der Waals surface area contributed by atoms with Gasteiger partial charge in [0.1, 0.15) is 5.75 Å². The number of rotatable bonds is 5. The normalized spacial score (nSPS) is 15.3. The van der Waals surface area contributed by atoms with Crippen LogP contribution in [0.2, 0.25) is 0 Å². The molecular formula is C17H23NO3. The highest BCUT2D eigenvalue weighted by Gasteiger charge is 2.14. The van der Waals surface area contributed by atoms with Crippen LogP contribution in [0, 0.1) is 17.8 Å². The van der Waals surface area contributed by atoms with Gasteiger partial charge in [0.15, 0.2) is 0 Å². The molecule has 4 nitrogen and oxygen atoms in total. The molecule has 1 aromatic rings. The summed E-state index contributed by atoms with van der Waals surface area (Å²) in [5.74, 6) is 7.39. The molecule has 0 aromatic heterocycles. The average molecular weight is 289 g/mol. The SMILES string of the molecule is COc1ccc(C#CCN)c(COCC2CCOCC2)c1. The lowest BCUT2D eigenvalue weighted by molar-refractivity contribution is 0.0157. The molecule has 1 aromatic carbocycles. The molecule has 4 heteroatoms. The van der Waals surface area contributed by atoms with Gasteiger partial charge in [-0.15, -0.1) is 0 Å². The Morgan fingerprint density at radius 1 is 1.33 bits per heavy atom. The van der Waals surface area contributed by atoms with Crippen LogP contribution in [0.15, 0.2) is 18.2 Å². The Bertz CT molecular complexity index is 498. The maximum atomic E-state index is 5.87. The van der Waals surface area contributed by atoms with Crippen LogP contribution >= 0.6 is 0 Å². The third kappa shape index (κ3) is 5.05. The Balaban J connectivity index is 1.95. The lowest BCUT2D eigenvalue weighted by Gasteiger charge is -2.21. The zero-order chi connectivity index (χ0) is 14.9. The average Bonchev–Trinajstić information content (AvgIpc) is 2.54. The van der Waals surface area contributed by atoms with E-state index in [0.29, 0.717) is 19.1 Å². The van der Waals surface area contributed by atoms with Crippen molar-refractivity contribution in [2.45, 2.75) is 19.4 Å². The molecule has 0 atom stereocenters. The van der Waals surface area contributed by atoms with Crippen LogP contribution in [0.1, 0.15) is 24.0 Å². The van der Waals surface area contributed by atoms with E-state index in [2.05, 4.69) is 11.8 Å². The molecule has 0 saturated carbocycles. The van der Waals surface area contributed by atoms with Crippen LogP contribution in [-0.4, -0.2) is 33.5 Å². The summed E-state index contributed by atoms with van der Waals surface area (Å²) in [7, 11) is 1.66. The molecule has 1 aliphatic heterocycles. The van der Waals surface area contributed by atoms with Gasteiger partial charge in [0, 0.05) is 18.8 Å². The van der Waals surface area contributed by atoms with Gasteiger partial charge in [-0.05, 0) is 42.5 Å². The molecule has 1 heterocycles. The molecule has 21 heavy (non-hydrogen) atoms. The Labute approximate surface area is 126 Å². The van der Waals surface area contributed by atoms with Gasteiger partial charge < -0.3 is 19.9 Å². The summed E-state index contributed by atoms with van der Waals surface area (Å²) >= 11 is 0. The Morgan fingerprint density at radius 3 is 2.86 bits per heavy atom. The lowest BCUT2D eigenvalue weighted by Crippen LogP contribution is -2.20. The van der Waals surface area contributed by atoms with Crippen molar-refractivity contribution in [2.24, 2.45) is 11.7 Å². The number of ether oxygens (including phenoxy) is 3. The van der Waals surface area contributed by atoms with E-state index in [0.717, 1.165) is 49.5 Å². The molecule has 2 rings (SSSR count). The largest absolute Gasteiger partial charge is 0.497 e. The monoisotopic (exact) mass is 289 g/mol.